The summed E-state index contributed by atoms with van der Waals surface area (Å²) in [5.41, 5.74) is -0.783. The Balaban J connectivity index is 1.69. The number of nitrogens with one attached hydrogen (secondary N) is 2. The normalized spacial score (nSPS) is 10.9. The molecule has 0 spiro atoms. The number of nitrogens with zero attached hydrogens (tertiary/aromatic N) is 1. The van der Waals surface area contributed by atoms with Gasteiger partial charge in [0, 0.05) is 0 Å². The number of amides is 3. The minimum absolute atomic E-state index is 0.0173. The molecule has 0 atom stereocenters. The minimum Gasteiger partial charge on any atom is -0.496 e. The molecule has 0 fully saturated rings. The number of halogens is 4. The van der Waals surface area contributed by atoms with Crippen molar-refractivity contribution in [3.63, 3.8) is 0 Å². The number of anilines is 1. The molecule has 0 bridgehead atoms. The number of ether oxygens (including phenoxy) is 3. The van der Waals surface area contributed by atoms with Crippen LogP contribution in [-0.2, 0) is 6.18 Å². The van der Waals surface area contributed by atoms with Gasteiger partial charge in [-0.15, -0.1) is 0 Å². The van der Waals surface area contributed by atoms with E-state index in [0.29, 0.717) is 0 Å². The van der Waals surface area contributed by atoms with Crippen LogP contribution in [0.25, 0.3) is 0 Å². The number of carbonyl (C=O) groups excluding carboxylic acids is 2. The molecule has 0 aliphatic heterocycles. The third-order valence-electron chi connectivity index (χ3n) is 4.32. The Morgan fingerprint density at radius 1 is 1.00 bits per heavy atom. The molecule has 3 rings (SSSR count). The quantitative estimate of drug-likeness (QED) is 0.467. The number of alkyl halides is 3. The molecule has 0 aliphatic carbocycles. The first-order valence-corrected chi connectivity index (χ1v) is 9.84. The van der Waals surface area contributed by atoms with E-state index >= 15 is 0 Å². The van der Waals surface area contributed by atoms with Crippen LogP contribution in [0.1, 0.15) is 15.9 Å². The van der Waals surface area contributed by atoms with E-state index in [2.05, 4.69) is 15.6 Å². The number of rotatable bonds is 6. The molecule has 0 unspecified atom stereocenters. The van der Waals surface area contributed by atoms with Gasteiger partial charge in [-0.05, 0) is 36.4 Å². The van der Waals surface area contributed by atoms with E-state index < -0.39 is 23.7 Å². The molecular weight excluding hydrogens is 479 g/mol. The van der Waals surface area contributed by atoms with Crippen molar-refractivity contribution in [3.8, 4) is 23.1 Å². The standard InChI is InChI=1S/C22H17ClF3N3O5/c1-32-16-7-4-8-17(33-2)18(16)19(30)29-21(31)28-13-10-15(23)20(27-11-13)34-14-6-3-5-12(9-14)22(24,25)26/h3-11H,1-2H3,(H2,28,29,30,31). The minimum atomic E-state index is -4.54. The number of benzene rings is 2. The number of carbonyl (C=O) groups is 2. The van der Waals surface area contributed by atoms with Crippen LogP contribution in [0.5, 0.6) is 23.1 Å². The van der Waals surface area contributed by atoms with E-state index in [4.69, 9.17) is 25.8 Å². The first kappa shape index (κ1) is 24.6. The van der Waals surface area contributed by atoms with Crippen LogP contribution < -0.4 is 24.8 Å². The van der Waals surface area contributed by atoms with Crippen LogP contribution in [0.3, 0.4) is 0 Å². The van der Waals surface area contributed by atoms with E-state index in [-0.39, 0.29) is 39.4 Å². The zero-order valence-electron chi connectivity index (χ0n) is 17.7. The highest BCUT2D eigenvalue weighted by atomic mass is 35.5. The number of urea groups is 1. The van der Waals surface area contributed by atoms with Gasteiger partial charge >= 0.3 is 12.2 Å². The Bertz CT molecular complexity index is 1200. The Morgan fingerprint density at radius 3 is 2.24 bits per heavy atom. The molecule has 2 N–H and O–H groups in total. The van der Waals surface area contributed by atoms with E-state index in [1.54, 1.807) is 6.07 Å². The second-order valence-electron chi connectivity index (χ2n) is 6.58. The third-order valence-corrected chi connectivity index (χ3v) is 4.59. The Kier molecular flexibility index (Phi) is 7.47. The maximum atomic E-state index is 12.9. The predicted octanol–water partition coefficient (Wildman–Crippen LogP) is 5.53. The summed E-state index contributed by atoms with van der Waals surface area (Å²) in [5, 5.41) is 4.42. The molecule has 0 radical (unpaired) electrons. The molecule has 2 aromatic carbocycles. The lowest BCUT2D eigenvalue weighted by atomic mass is 10.1. The van der Waals surface area contributed by atoms with Crippen molar-refractivity contribution in [2.45, 2.75) is 6.18 Å². The van der Waals surface area contributed by atoms with Gasteiger partial charge in [0.05, 0.1) is 31.7 Å². The van der Waals surface area contributed by atoms with Crippen LogP contribution in [0.15, 0.2) is 54.7 Å². The molecule has 3 amide bonds. The highest BCUT2D eigenvalue weighted by Crippen LogP contribution is 2.34. The lowest BCUT2D eigenvalue weighted by Gasteiger charge is -2.13. The molecule has 0 saturated heterocycles. The summed E-state index contributed by atoms with van der Waals surface area (Å²) in [6.07, 6.45) is -3.38. The highest BCUT2D eigenvalue weighted by Gasteiger charge is 2.30. The molecule has 3 aromatic rings. The number of methoxy groups -OCH3 is 2. The summed E-state index contributed by atoms with van der Waals surface area (Å²) in [7, 11) is 2.73. The van der Waals surface area contributed by atoms with Gasteiger partial charge in [-0.2, -0.15) is 13.2 Å². The summed E-state index contributed by atoms with van der Waals surface area (Å²) in [6.45, 7) is 0. The fraction of sp³-hybridized carbons (Fsp3) is 0.136. The molecule has 0 saturated carbocycles. The number of pyridine rings is 1. The van der Waals surface area contributed by atoms with E-state index in [1.165, 1.54) is 44.6 Å². The van der Waals surface area contributed by atoms with Crippen molar-refractivity contribution in [1.29, 1.82) is 0 Å². The van der Waals surface area contributed by atoms with Crippen LogP contribution in [0.4, 0.5) is 23.7 Å². The van der Waals surface area contributed by atoms with Gasteiger partial charge in [0.2, 0.25) is 5.88 Å². The lowest BCUT2D eigenvalue weighted by molar-refractivity contribution is -0.137. The van der Waals surface area contributed by atoms with Crippen LogP contribution in [-0.4, -0.2) is 31.1 Å². The average molecular weight is 496 g/mol. The number of hydrogen-bond acceptors (Lipinski definition) is 6. The second kappa shape index (κ2) is 10.3. The molecular formula is C22H17ClF3N3O5. The van der Waals surface area contributed by atoms with Crippen molar-refractivity contribution >= 4 is 29.2 Å². The summed E-state index contributed by atoms with van der Waals surface area (Å²) >= 11 is 6.09. The van der Waals surface area contributed by atoms with E-state index in [0.717, 1.165) is 18.3 Å². The van der Waals surface area contributed by atoms with E-state index in [9.17, 15) is 22.8 Å². The van der Waals surface area contributed by atoms with Crippen LogP contribution in [0.2, 0.25) is 5.02 Å². The fourth-order valence-electron chi connectivity index (χ4n) is 2.82. The van der Waals surface area contributed by atoms with Gasteiger partial charge in [-0.1, -0.05) is 23.7 Å². The zero-order chi connectivity index (χ0) is 24.9. The van der Waals surface area contributed by atoms with Crippen molar-refractivity contribution in [1.82, 2.24) is 10.3 Å². The predicted molar refractivity (Wildman–Crippen MR) is 117 cm³/mol. The molecule has 8 nitrogen and oxygen atoms in total. The van der Waals surface area contributed by atoms with Gasteiger partial charge < -0.3 is 19.5 Å². The lowest BCUT2D eigenvalue weighted by Crippen LogP contribution is -2.34. The topological polar surface area (TPSA) is 98.8 Å². The van der Waals surface area contributed by atoms with Gasteiger partial charge in [-0.25, -0.2) is 9.78 Å². The first-order chi connectivity index (χ1) is 16.1. The largest absolute Gasteiger partial charge is 0.496 e. The summed E-state index contributed by atoms with van der Waals surface area (Å²) in [4.78, 5) is 28.7. The molecule has 1 heterocycles. The zero-order valence-corrected chi connectivity index (χ0v) is 18.5. The molecule has 0 aliphatic rings. The molecule has 12 heteroatoms. The fourth-order valence-corrected chi connectivity index (χ4v) is 3.02. The smallest absolute Gasteiger partial charge is 0.416 e. The van der Waals surface area contributed by atoms with Crippen molar-refractivity contribution in [3.05, 3.63) is 70.9 Å². The van der Waals surface area contributed by atoms with Crippen molar-refractivity contribution in [2.24, 2.45) is 0 Å². The van der Waals surface area contributed by atoms with Gasteiger partial charge in [-0.3, -0.25) is 10.1 Å². The van der Waals surface area contributed by atoms with E-state index in [1.807, 2.05) is 0 Å². The Hall–Kier alpha value is -3.99. The third kappa shape index (κ3) is 5.87. The van der Waals surface area contributed by atoms with Crippen molar-refractivity contribution in [2.75, 3.05) is 19.5 Å². The molecule has 178 valence electrons. The second-order valence-corrected chi connectivity index (χ2v) is 6.99. The number of hydrogen-bond donors (Lipinski definition) is 2. The monoisotopic (exact) mass is 495 g/mol. The summed E-state index contributed by atoms with van der Waals surface area (Å²) in [5.74, 6) is -0.688. The average Bonchev–Trinajstić information content (AvgIpc) is 2.79. The van der Waals surface area contributed by atoms with Crippen molar-refractivity contribution < 1.29 is 37.0 Å². The van der Waals surface area contributed by atoms with Gasteiger partial charge in [0.15, 0.2) is 0 Å². The van der Waals surface area contributed by atoms with Crippen LogP contribution >= 0.6 is 11.6 Å². The maximum Gasteiger partial charge on any atom is 0.416 e. The Labute approximate surface area is 196 Å². The summed E-state index contributed by atoms with van der Waals surface area (Å²) < 4.78 is 54.2. The number of imide groups is 1. The SMILES string of the molecule is COc1cccc(OC)c1C(=O)NC(=O)Nc1cnc(Oc2cccc(C(F)(F)F)c2)c(Cl)c1. The first-order valence-electron chi connectivity index (χ1n) is 9.46. The summed E-state index contributed by atoms with van der Waals surface area (Å²) in [6, 6.07) is 9.22. The number of aromatic nitrogens is 1. The van der Waals surface area contributed by atoms with Gasteiger partial charge in [0.25, 0.3) is 5.91 Å². The van der Waals surface area contributed by atoms with Gasteiger partial charge in [0.1, 0.15) is 27.8 Å². The highest BCUT2D eigenvalue weighted by molar-refractivity contribution is 6.32. The maximum absolute atomic E-state index is 12.9. The van der Waals surface area contributed by atoms with Crippen LogP contribution in [0, 0.1) is 0 Å². The molecule has 1 aromatic heterocycles. The Morgan fingerprint density at radius 2 is 1.65 bits per heavy atom. The molecule has 34 heavy (non-hydrogen) atoms.